The zero-order chi connectivity index (χ0) is 39.7. The van der Waals surface area contributed by atoms with Gasteiger partial charge in [-0.1, -0.05) is 78.7 Å². The second kappa shape index (κ2) is 20.1. The van der Waals surface area contributed by atoms with E-state index in [0.717, 1.165) is 28.8 Å². The molecule has 284 valence electrons. The van der Waals surface area contributed by atoms with Crippen molar-refractivity contribution in [3.8, 4) is 5.75 Å². The van der Waals surface area contributed by atoms with E-state index in [1.807, 2.05) is 32.3 Å². The molecule has 1 fully saturated rings. The van der Waals surface area contributed by atoms with Crippen molar-refractivity contribution in [2.45, 2.75) is 40.3 Å². The minimum atomic E-state index is -4.65. The maximum absolute atomic E-state index is 13.4. The first-order chi connectivity index (χ1) is 25.5. The fraction of sp³-hybridized carbons (Fsp3) is 0.289. The smallest absolute Gasteiger partial charge is 0.556 e. The van der Waals surface area contributed by atoms with Gasteiger partial charge in [-0.3, -0.25) is 9.59 Å². The van der Waals surface area contributed by atoms with Crippen molar-refractivity contribution in [3.63, 3.8) is 0 Å². The summed E-state index contributed by atoms with van der Waals surface area (Å²) in [5.74, 6) is -2.06. The van der Waals surface area contributed by atoms with E-state index in [-0.39, 0.29) is 123 Å². The van der Waals surface area contributed by atoms with Gasteiger partial charge in [-0.05, 0) is 50.1 Å². The molecule has 0 atom stereocenters. The number of halogens is 4. The number of aliphatic imine (C=N–C) groups is 1. The summed E-state index contributed by atoms with van der Waals surface area (Å²) in [6, 6.07) is 7.60. The van der Waals surface area contributed by atoms with Gasteiger partial charge in [0.15, 0.2) is 11.4 Å². The van der Waals surface area contributed by atoms with Gasteiger partial charge >= 0.3 is 57.6 Å². The van der Waals surface area contributed by atoms with Gasteiger partial charge in [-0.25, -0.2) is 9.97 Å². The van der Waals surface area contributed by atoms with E-state index in [1.54, 1.807) is 30.0 Å². The number of alkyl halides is 3. The Morgan fingerprint density at radius 2 is 1.80 bits per heavy atom. The van der Waals surface area contributed by atoms with Gasteiger partial charge in [-0.2, -0.15) is 19.0 Å². The molecule has 0 saturated carbocycles. The third-order valence-electron chi connectivity index (χ3n) is 8.36. The first-order valence-electron chi connectivity index (χ1n) is 16.6. The number of amidine groups is 1. The van der Waals surface area contributed by atoms with Crippen LogP contribution in [-0.2, 0) is 15.8 Å². The van der Waals surface area contributed by atoms with Crippen LogP contribution in [0.1, 0.15) is 58.7 Å². The second-order valence-electron chi connectivity index (χ2n) is 12.3. The van der Waals surface area contributed by atoms with Crippen LogP contribution < -0.4 is 56.7 Å². The van der Waals surface area contributed by atoms with Crippen molar-refractivity contribution in [2.75, 3.05) is 38.0 Å². The summed E-state index contributed by atoms with van der Waals surface area (Å²) in [4.78, 5) is 55.3. The summed E-state index contributed by atoms with van der Waals surface area (Å²) in [6.45, 7) is 10.9. The monoisotopic (exact) mass is 800 g/mol. The van der Waals surface area contributed by atoms with Crippen LogP contribution in [0.5, 0.6) is 5.75 Å². The molecule has 3 aromatic rings. The molecule has 2 amide bonds. The van der Waals surface area contributed by atoms with Gasteiger partial charge in [0.25, 0.3) is 5.91 Å². The van der Waals surface area contributed by atoms with E-state index < -0.39 is 35.9 Å². The number of aryl methyl sites for hydroxylation is 2. The number of rotatable bonds is 12. The van der Waals surface area contributed by atoms with Crippen molar-refractivity contribution in [1.82, 2.24) is 24.7 Å². The number of benzene rings is 2. The Labute approximate surface area is 364 Å². The number of piperazine rings is 1. The number of hydrogen-bond donors (Lipinski definition) is 2. The topological polar surface area (TPSA) is 154 Å². The SMILES string of the molecule is C=C(C)/C=C\c1cc(C(=[N-])N=[C-]N(CC(=O)Nc2ccc(C(F)(F)F)cc2Cl)/C(CC)=C(\[C-]=O)N2CCN(C(=O)c3ncnc(C)c3O)CC2)ccc1C.[K+]. The number of anilines is 1. The van der Waals surface area contributed by atoms with Gasteiger partial charge in [0.1, 0.15) is 6.33 Å². The predicted molar refractivity (Wildman–Crippen MR) is 201 cm³/mol. The molecule has 1 aromatic heterocycles. The van der Waals surface area contributed by atoms with Crippen LogP contribution in [-0.4, -0.2) is 92.8 Å². The molecule has 1 aliphatic heterocycles. The van der Waals surface area contributed by atoms with Gasteiger partial charge in [0.05, 0.1) is 28.5 Å². The van der Waals surface area contributed by atoms with E-state index in [9.17, 15) is 38.1 Å². The summed E-state index contributed by atoms with van der Waals surface area (Å²) in [5.41, 5.74) is 2.10. The number of hydrogen-bond acceptors (Lipinski definition) is 7. The maximum atomic E-state index is 13.4. The molecule has 12 nitrogen and oxygen atoms in total. The summed E-state index contributed by atoms with van der Waals surface area (Å²) < 4.78 is 39.6. The Morgan fingerprint density at radius 1 is 1.13 bits per heavy atom. The molecule has 17 heteroatoms. The van der Waals surface area contributed by atoms with Crippen molar-refractivity contribution in [2.24, 2.45) is 4.99 Å². The number of carbonyl (C=O) groups excluding carboxylic acids is 3. The van der Waals surface area contributed by atoms with E-state index >= 15 is 0 Å². The molecule has 0 aliphatic carbocycles. The predicted octanol–water partition coefficient (Wildman–Crippen LogP) is 3.42. The molecule has 0 radical (unpaired) electrons. The summed E-state index contributed by atoms with van der Waals surface area (Å²) in [5, 5.41) is 23.5. The minimum Gasteiger partial charge on any atom is -0.556 e. The third kappa shape index (κ3) is 11.9. The van der Waals surface area contributed by atoms with Crippen LogP contribution in [0.4, 0.5) is 18.9 Å². The van der Waals surface area contributed by atoms with Crippen LogP contribution in [0.3, 0.4) is 0 Å². The Hall–Kier alpha value is -4.19. The molecular formula is C38H37ClF3KN8O4-2. The second-order valence-corrected chi connectivity index (χ2v) is 12.7. The molecule has 4 rings (SSSR count). The van der Waals surface area contributed by atoms with Crippen molar-refractivity contribution < 1.29 is 84.0 Å². The van der Waals surface area contributed by atoms with Gasteiger partial charge in [0.2, 0.25) is 5.91 Å². The maximum Gasteiger partial charge on any atom is 1.00 e. The number of aromatic hydroxyl groups is 1. The number of nitrogens with one attached hydrogen (secondary N) is 1. The van der Waals surface area contributed by atoms with Crippen molar-refractivity contribution in [3.05, 3.63) is 116 Å². The Kier molecular flexibility index (Phi) is 16.5. The number of amides is 2. The Balaban J connectivity index is 0.00000812. The van der Waals surface area contributed by atoms with E-state index in [2.05, 4.69) is 33.2 Å². The molecule has 1 saturated heterocycles. The van der Waals surface area contributed by atoms with Gasteiger partial charge < -0.3 is 40.3 Å². The Bertz CT molecular complexity index is 2050. The quantitative estimate of drug-likeness (QED) is 0.0538. The Morgan fingerprint density at radius 3 is 2.40 bits per heavy atom. The summed E-state index contributed by atoms with van der Waals surface area (Å²) in [7, 11) is 0. The number of nitrogens with zero attached hydrogens (tertiary/aromatic N) is 7. The molecular weight excluding hydrogens is 764 g/mol. The molecule has 0 spiro atoms. The zero-order valence-electron chi connectivity index (χ0n) is 31.0. The molecule has 0 bridgehead atoms. The summed E-state index contributed by atoms with van der Waals surface area (Å²) >= 11 is 6.08. The van der Waals surface area contributed by atoms with Crippen molar-refractivity contribution >= 4 is 53.6 Å². The molecule has 2 heterocycles. The first-order valence-corrected chi connectivity index (χ1v) is 17.0. The van der Waals surface area contributed by atoms with Crippen LogP contribution in [0.25, 0.3) is 11.5 Å². The molecule has 0 unspecified atom stereocenters. The third-order valence-corrected chi connectivity index (χ3v) is 8.67. The van der Waals surface area contributed by atoms with Crippen LogP contribution in [0.15, 0.2) is 77.3 Å². The van der Waals surface area contributed by atoms with E-state index in [1.165, 1.54) is 23.1 Å². The van der Waals surface area contributed by atoms with Crippen LogP contribution in [0.2, 0.25) is 5.02 Å². The average Bonchev–Trinajstić information content (AvgIpc) is 3.13. The van der Waals surface area contributed by atoms with E-state index in [0.29, 0.717) is 11.6 Å². The molecule has 2 aromatic carbocycles. The molecule has 2 N–H and O–H groups in total. The molecule has 1 aliphatic rings. The fourth-order valence-corrected chi connectivity index (χ4v) is 5.61. The van der Waals surface area contributed by atoms with Crippen molar-refractivity contribution in [1.29, 1.82) is 0 Å². The first kappa shape index (κ1) is 45.2. The van der Waals surface area contributed by atoms with Crippen LogP contribution in [0, 0.1) is 13.8 Å². The number of allylic oxidation sites excluding steroid dienone is 4. The number of carbonyl (C=O) groups is 2. The minimum absolute atomic E-state index is 0. The van der Waals surface area contributed by atoms with E-state index in [4.69, 9.17) is 11.6 Å². The van der Waals surface area contributed by atoms with Gasteiger partial charge in [-0.15, -0.1) is 12.0 Å². The standard InChI is InChI=1S/C38H37ClF3N8O4.K/c1-6-31(32(20-51)48-13-15-49(16-14-48)37(54)34-35(53)25(5)44-21-45-34)50(19-33(52)47-30-12-11-28(18-29(30)39)38(40,41)42)22-46-36(43)27-10-8-24(4)26(17-27)9-7-23(2)3;/h7-12,17-18,21,53H,2,6,13-16,19H2,1,3-5H3,(H,47,52);/q-3;+1/b9-7-,32-31+;. The average molecular weight is 801 g/mol. The largest absolute Gasteiger partial charge is 1.00 e. The van der Waals surface area contributed by atoms with Crippen LogP contribution >= 0.6 is 11.6 Å². The molecule has 55 heavy (non-hydrogen) atoms. The number of aromatic nitrogens is 2. The normalized spacial score (nSPS) is 13.7. The summed E-state index contributed by atoms with van der Waals surface area (Å²) in [6.07, 6.45) is 4.89. The fourth-order valence-electron chi connectivity index (χ4n) is 5.38. The van der Waals surface area contributed by atoms with Gasteiger partial charge in [0, 0.05) is 32.5 Å². The zero-order valence-corrected chi connectivity index (χ0v) is 34.8.